The second-order valence-corrected chi connectivity index (χ2v) is 4.80. The molecule has 0 heterocycles. The molecule has 0 saturated carbocycles. The summed E-state index contributed by atoms with van der Waals surface area (Å²) in [5.74, 6) is -1.40. The zero-order valence-corrected chi connectivity index (χ0v) is 11.9. The second-order valence-electron chi connectivity index (χ2n) is 4.80. The van der Waals surface area contributed by atoms with Crippen LogP contribution >= 0.6 is 0 Å². The Hall–Kier alpha value is -2.04. The third-order valence-electron chi connectivity index (χ3n) is 3.25. The number of hydrogen-bond donors (Lipinski definition) is 2. The van der Waals surface area contributed by atoms with E-state index in [1.807, 2.05) is 13.0 Å². The number of carbonyl (C=O) groups is 2. The molecule has 0 aliphatic carbocycles. The summed E-state index contributed by atoms with van der Waals surface area (Å²) in [7, 11) is 0. The number of aliphatic carboxylic acids is 1. The lowest BCUT2D eigenvalue weighted by Gasteiger charge is -2.23. The average molecular weight is 279 g/mol. The molecule has 0 aliphatic rings. The van der Waals surface area contributed by atoms with E-state index in [0.29, 0.717) is 13.0 Å². The van der Waals surface area contributed by atoms with Crippen molar-refractivity contribution in [3.63, 3.8) is 0 Å². The topological polar surface area (TPSA) is 77.8 Å². The molecule has 1 unspecified atom stereocenters. The van der Waals surface area contributed by atoms with Crippen molar-refractivity contribution in [1.82, 2.24) is 4.90 Å². The van der Waals surface area contributed by atoms with E-state index in [9.17, 15) is 14.7 Å². The molecule has 1 rings (SSSR count). The molecular weight excluding hydrogens is 258 g/mol. The molecule has 110 valence electrons. The number of phenols is 1. The summed E-state index contributed by atoms with van der Waals surface area (Å²) in [4.78, 5) is 24.4. The molecule has 1 amide bonds. The number of carboxylic acid groups (broad SMARTS) is 1. The van der Waals surface area contributed by atoms with Gasteiger partial charge in [0.1, 0.15) is 5.75 Å². The van der Waals surface area contributed by atoms with Gasteiger partial charge in [0.25, 0.3) is 0 Å². The van der Waals surface area contributed by atoms with Crippen molar-refractivity contribution in [2.75, 3.05) is 13.1 Å². The van der Waals surface area contributed by atoms with Crippen LogP contribution in [0.1, 0.15) is 25.8 Å². The zero-order valence-electron chi connectivity index (χ0n) is 11.9. The first-order valence-electron chi connectivity index (χ1n) is 6.73. The molecule has 0 bridgehead atoms. The van der Waals surface area contributed by atoms with Gasteiger partial charge in [0, 0.05) is 19.5 Å². The minimum atomic E-state index is -0.906. The van der Waals surface area contributed by atoms with Crippen LogP contribution in [0.4, 0.5) is 0 Å². The maximum absolute atomic E-state index is 12.1. The number of hydrogen-bond acceptors (Lipinski definition) is 3. The fourth-order valence-electron chi connectivity index (χ4n) is 1.94. The maximum Gasteiger partial charge on any atom is 0.308 e. The Morgan fingerprint density at radius 2 is 1.95 bits per heavy atom. The summed E-state index contributed by atoms with van der Waals surface area (Å²) < 4.78 is 0. The van der Waals surface area contributed by atoms with Crippen LogP contribution in [0.2, 0.25) is 0 Å². The number of phenolic OH excluding ortho intramolecular Hbond substituents is 1. The van der Waals surface area contributed by atoms with Crippen molar-refractivity contribution in [2.45, 2.75) is 26.7 Å². The first-order chi connectivity index (χ1) is 9.45. The summed E-state index contributed by atoms with van der Waals surface area (Å²) in [6.07, 6.45) is 0.710. The average Bonchev–Trinajstić information content (AvgIpc) is 2.43. The molecule has 0 fully saturated rings. The molecule has 5 heteroatoms. The summed E-state index contributed by atoms with van der Waals surface area (Å²) >= 11 is 0. The summed E-state index contributed by atoms with van der Waals surface area (Å²) in [5.41, 5.74) is 0.725. The molecule has 1 aromatic rings. The van der Waals surface area contributed by atoms with Crippen molar-refractivity contribution < 1.29 is 19.8 Å². The van der Waals surface area contributed by atoms with Gasteiger partial charge in [0.05, 0.1) is 5.92 Å². The highest BCUT2D eigenvalue weighted by Gasteiger charge is 2.19. The lowest BCUT2D eigenvalue weighted by atomic mass is 10.1. The van der Waals surface area contributed by atoms with E-state index >= 15 is 0 Å². The van der Waals surface area contributed by atoms with Crippen molar-refractivity contribution >= 4 is 11.9 Å². The number of aromatic hydroxyl groups is 1. The van der Waals surface area contributed by atoms with Crippen molar-refractivity contribution in [2.24, 2.45) is 5.92 Å². The van der Waals surface area contributed by atoms with Crippen LogP contribution in [-0.2, 0) is 16.0 Å². The Balaban J connectivity index is 2.56. The van der Waals surface area contributed by atoms with Crippen LogP contribution in [0, 0.1) is 5.92 Å². The lowest BCUT2D eigenvalue weighted by molar-refractivity contribution is -0.143. The number of para-hydroxylation sites is 1. The second kappa shape index (κ2) is 7.53. The Bertz CT molecular complexity index is 473. The molecule has 0 radical (unpaired) electrons. The minimum absolute atomic E-state index is 0.0937. The number of carbonyl (C=O) groups excluding carboxylic acids is 1. The van der Waals surface area contributed by atoms with Crippen LogP contribution in [0.15, 0.2) is 24.3 Å². The maximum atomic E-state index is 12.1. The van der Waals surface area contributed by atoms with E-state index in [-0.39, 0.29) is 24.6 Å². The molecule has 0 spiro atoms. The number of benzene rings is 1. The van der Waals surface area contributed by atoms with Crippen LogP contribution < -0.4 is 0 Å². The van der Waals surface area contributed by atoms with Crippen LogP contribution in [0.25, 0.3) is 0 Å². The summed E-state index contributed by atoms with van der Waals surface area (Å²) in [6.45, 7) is 4.11. The van der Waals surface area contributed by atoms with E-state index in [0.717, 1.165) is 5.56 Å². The predicted molar refractivity (Wildman–Crippen MR) is 75.5 cm³/mol. The largest absolute Gasteiger partial charge is 0.508 e. The molecule has 0 aromatic heterocycles. The molecular formula is C15H21NO4. The van der Waals surface area contributed by atoms with Gasteiger partial charge in [-0.15, -0.1) is 0 Å². The monoisotopic (exact) mass is 279 g/mol. The zero-order chi connectivity index (χ0) is 15.1. The summed E-state index contributed by atoms with van der Waals surface area (Å²) in [5, 5.41) is 18.5. The molecule has 0 saturated heterocycles. The van der Waals surface area contributed by atoms with Gasteiger partial charge in [-0.05, 0) is 25.0 Å². The van der Waals surface area contributed by atoms with Crippen LogP contribution in [-0.4, -0.2) is 40.1 Å². The fraction of sp³-hybridized carbons (Fsp3) is 0.467. The highest BCUT2D eigenvalue weighted by molar-refractivity contribution is 5.77. The van der Waals surface area contributed by atoms with Crippen LogP contribution in [0.3, 0.4) is 0 Å². The van der Waals surface area contributed by atoms with E-state index < -0.39 is 11.9 Å². The van der Waals surface area contributed by atoms with E-state index in [1.54, 1.807) is 30.0 Å². The van der Waals surface area contributed by atoms with Crippen molar-refractivity contribution in [3.8, 4) is 5.75 Å². The van der Waals surface area contributed by atoms with Gasteiger partial charge < -0.3 is 15.1 Å². The van der Waals surface area contributed by atoms with E-state index in [1.165, 1.54) is 0 Å². The molecule has 1 atom stereocenters. The lowest BCUT2D eigenvalue weighted by Crippen LogP contribution is -2.36. The van der Waals surface area contributed by atoms with Gasteiger partial charge in [-0.2, -0.15) is 0 Å². The molecule has 20 heavy (non-hydrogen) atoms. The number of carboxylic acids is 1. The quantitative estimate of drug-likeness (QED) is 0.799. The van der Waals surface area contributed by atoms with Gasteiger partial charge >= 0.3 is 5.97 Å². The normalized spacial score (nSPS) is 11.9. The first-order valence-corrected chi connectivity index (χ1v) is 6.73. The number of amides is 1. The molecule has 1 aromatic carbocycles. The highest BCUT2D eigenvalue weighted by Crippen LogP contribution is 2.17. The predicted octanol–water partition coefficient (Wildman–Crippen LogP) is 1.89. The van der Waals surface area contributed by atoms with E-state index in [4.69, 9.17) is 5.11 Å². The Morgan fingerprint density at radius 3 is 2.50 bits per heavy atom. The van der Waals surface area contributed by atoms with E-state index in [2.05, 4.69) is 0 Å². The third kappa shape index (κ3) is 4.57. The Morgan fingerprint density at radius 1 is 1.30 bits per heavy atom. The van der Waals surface area contributed by atoms with Gasteiger partial charge in [-0.3, -0.25) is 9.59 Å². The highest BCUT2D eigenvalue weighted by atomic mass is 16.4. The molecule has 2 N–H and O–H groups in total. The standard InChI is InChI=1S/C15H21NO4/c1-3-16(10-11(2)15(19)20)14(18)9-8-12-6-4-5-7-13(12)17/h4-7,11,17H,3,8-10H2,1-2H3,(H,19,20). The third-order valence-corrected chi connectivity index (χ3v) is 3.25. The van der Waals surface area contributed by atoms with Gasteiger partial charge in [-0.25, -0.2) is 0 Å². The van der Waals surface area contributed by atoms with Gasteiger partial charge in [0.15, 0.2) is 0 Å². The SMILES string of the molecule is CCN(CC(C)C(=O)O)C(=O)CCc1ccccc1O. The first kappa shape index (κ1) is 16.0. The molecule has 0 aliphatic heterocycles. The Kier molecular flexibility index (Phi) is 6.03. The number of aryl methyl sites for hydroxylation is 1. The smallest absolute Gasteiger partial charge is 0.308 e. The number of rotatable bonds is 7. The van der Waals surface area contributed by atoms with Crippen molar-refractivity contribution in [3.05, 3.63) is 29.8 Å². The van der Waals surface area contributed by atoms with Gasteiger partial charge in [-0.1, -0.05) is 25.1 Å². The van der Waals surface area contributed by atoms with Crippen molar-refractivity contribution in [1.29, 1.82) is 0 Å². The van der Waals surface area contributed by atoms with Gasteiger partial charge in [0.2, 0.25) is 5.91 Å². The minimum Gasteiger partial charge on any atom is -0.508 e. The molecule has 5 nitrogen and oxygen atoms in total. The van der Waals surface area contributed by atoms with Crippen LogP contribution in [0.5, 0.6) is 5.75 Å². The Labute approximate surface area is 118 Å². The number of nitrogens with zero attached hydrogens (tertiary/aromatic N) is 1. The summed E-state index contributed by atoms with van der Waals surface area (Å²) in [6, 6.07) is 6.90. The fourth-order valence-corrected chi connectivity index (χ4v) is 1.94.